The lowest BCUT2D eigenvalue weighted by atomic mass is 9.83. The van der Waals surface area contributed by atoms with Crippen LogP contribution in [-0.2, 0) is 14.3 Å². The quantitative estimate of drug-likeness (QED) is 0.423. The lowest BCUT2D eigenvalue weighted by Gasteiger charge is -2.32. The molecule has 0 heterocycles. The zero-order chi connectivity index (χ0) is 22.2. The average molecular weight is 438 g/mol. The van der Waals surface area contributed by atoms with E-state index in [4.69, 9.17) is 10.5 Å². The molecular formula is C23H39N3O5. The fourth-order valence-corrected chi connectivity index (χ4v) is 5.62. The molecule has 31 heavy (non-hydrogen) atoms. The summed E-state index contributed by atoms with van der Waals surface area (Å²) in [6, 6.07) is -0.973. The van der Waals surface area contributed by atoms with E-state index in [0.29, 0.717) is 44.1 Å². The van der Waals surface area contributed by atoms with Crippen molar-refractivity contribution in [2.45, 2.75) is 108 Å². The molecule has 2 amide bonds. The largest absolute Gasteiger partial charge is 0.378 e. The maximum Gasteiger partial charge on any atom is 0.240 e. The third-order valence-electron chi connectivity index (χ3n) is 7.63. The Labute approximate surface area is 185 Å². The third kappa shape index (κ3) is 7.44. The van der Waals surface area contributed by atoms with Crippen molar-refractivity contribution in [3.05, 3.63) is 10.1 Å². The predicted octanol–water partition coefficient (Wildman–Crippen LogP) is 3.34. The molecule has 0 spiro atoms. The Balaban J connectivity index is 1.41. The number of nitrogens with zero attached hydrogens (tertiary/aromatic N) is 1. The van der Waals surface area contributed by atoms with E-state index in [1.165, 1.54) is 19.3 Å². The van der Waals surface area contributed by atoms with Gasteiger partial charge in [-0.05, 0) is 50.4 Å². The first-order valence-electron chi connectivity index (χ1n) is 12.3. The summed E-state index contributed by atoms with van der Waals surface area (Å²) in [5.74, 6) is 0.198. The summed E-state index contributed by atoms with van der Waals surface area (Å²) in [7, 11) is 0. The van der Waals surface area contributed by atoms with Crippen LogP contribution in [0, 0.1) is 27.9 Å². The minimum Gasteiger partial charge on any atom is -0.378 e. The third-order valence-corrected chi connectivity index (χ3v) is 7.63. The highest BCUT2D eigenvalue weighted by Crippen LogP contribution is 2.31. The van der Waals surface area contributed by atoms with E-state index in [-0.39, 0.29) is 22.9 Å². The minimum absolute atomic E-state index is 0.0445. The number of carbonyl (C=O) groups is 2. The molecule has 0 saturated heterocycles. The number of nitro groups is 1. The second-order valence-corrected chi connectivity index (χ2v) is 9.98. The van der Waals surface area contributed by atoms with Gasteiger partial charge in [-0.3, -0.25) is 19.7 Å². The molecule has 3 aliphatic rings. The molecule has 3 saturated carbocycles. The summed E-state index contributed by atoms with van der Waals surface area (Å²) in [5.41, 5.74) is 5.60. The number of amides is 2. The molecular weight excluding hydrogens is 398 g/mol. The Hall–Kier alpha value is -1.70. The Kier molecular flexibility index (Phi) is 9.11. The molecule has 8 heteroatoms. The van der Waals surface area contributed by atoms with Gasteiger partial charge >= 0.3 is 0 Å². The molecule has 3 atom stereocenters. The molecule has 0 bridgehead atoms. The zero-order valence-electron chi connectivity index (χ0n) is 18.6. The molecule has 8 nitrogen and oxygen atoms in total. The fraction of sp³-hybridized carbons (Fsp3) is 0.913. The van der Waals surface area contributed by atoms with Crippen LogP contribution in [0.5, 0.6) is 0 Å². The van der Waals surface area contributed by atoms with E-state index in [1.54, 1.807) is 0 Å². The number of nitrogens with one attached hydrogen (secondary N) is 1. The van der Waals surface area contributed by atoms with E-state index in [0.717, 1.165) is 44.9 Å². The maximum atomic E-state index is 12.9. The zero-order valence-corrected chi connectivity index (χ0v) is 18.6. The monoisotopic (exact) mass is 437 g/mol. The van der Waals surface area contributed by atoms with Gasteiger partial charge in [-0.15, -0.1) is 0 Å². The lowest BCUT2D eigenvalue weighted by Crippen LogP contribution is -2.48. The first kappa shape index (κ1) is 24.0. The van der Waals surface area contributed by atoms with Crippen LogP contribution in [0.15, 0.2) is 0 Å². The molecule has 3 fully saturated rings. The van der Waals surface area contributed by atoms with Crippen molar-refractivity contribution in [3.63, 3.8) is 0 Å². The Bertz CT molecular complexity index is 614. The number of hydrogen-bond acceptors (Lipinski definition) is 5. The molecule has 176 valence electrons. The Morgan fingerprint density at radius 1 is 0.968 bits per heavy atom. The van der Waals surface area contributed by atoms with Crippen molar-refractivity contribution in [1.82, 2.24) is 5.32 Å². The van der Waals surface area contributed by atoms with Crippen LogP contribution in [-0.4, -0.2) is 41.5 Å². The lowest BCUT2D eigenvalue weighted by molar-refractivity contribution is -0.527. The molecule has 0 radical (unpaired) electrons. The van der Waals surface area contributed by atoms with Crippen molar-refractivity contribution in [1.29, 1.82) is 0 Å². The standard InChI is InChI=1S/C23H39N3O5/c24-22(27)21(13-16-5-2-1-3-6-16)25-23(28)18-7-4-8-20(14-18)31-15-17-9-11-19(12-10-17)26(29)30/h16-21H,1-15H2,(H2,24,27)(H,25,28). The van der Waals surface area contributed by atoms with Crippen LogP contribution in [0.3, 0.4) is 0 Å². The summed E-state index contributed by atoms with van der Waals surface area (Å²) < 4.78 is 6.13. The van der Waals surface area contributed by atoms with E-state index in [2.05, 4.69) is 5.32 Å². The molecule has 0 aromatic heterocycles. The molecule has 3 N–H and O–H groups in total. The molecule has 0 aliphatic heterocycles. The molecule has 3 aliphatic carbocycles. The van der Waals surface area contributed by atoms with Gasteiger partial charge in [0.15, 0.2) is 0 Å². The van der Waals surface area contributed by atoms with E-state index < -0.39 is 18.0 Å². The maximum absolute atomic E-state index is 12.9. The van der Waals surface area contributed by atoms with Gasteiger partial charge in [0, 0.05) is 30.3 Å². The number of rotatable bonds is 9. The van der Waals surface area contributed by atoms with Crippen molar-refractivity contribution < 1.29 is 19.2 Å². The van der Waals surface area contributed by atoms with Crippen LogP contribution in [0.2, 0.25) is 0 Å². The van der Waals surface area contributed by atoms with Gasteiger partial charge in [-0.25, -0.2) is 0 Å². The van der Waals surface area contributed by atoms with Crippen molar-refractivity contribution in [2.24, 2.45) is 23.5 Å². The van der Waals surface area contributed by atoms with E-state index in [1.807, 2.05) is 0 Å². The van der Waals surface area contributed by atoms with Crippen molar-refractivity contribution in [3.8, 4) is 0 Å². The highest BCUT2D eigenvalue weighted by molar-refractivity contribution is 5.87. The van der Waals surface area contributed by atoms with Crippen LogP contribution in [0.25, 0.3) is 0 Å². The van der Waals surface area contributed by atoms with E-state index >= 15 is 0 Å². The summed E-state index contributed by atoms with van der Waals surface area (Å²) in [6.45, 7) is 0.620. The first-order chi connectivity index (χ1) is 14.9. The number of nitrogens with two attached hydrogens (primary N) is 1. The first-order valence-corrected chi connectivity index (χ1v) is 12.3. The second kappa shape index (κ2) is 11.8. The predicted molar refractivity (Wildman–Crippen MR) is 117 cm³/mol. The number of primary amides is 1. The summed E-state index contributed by atoms with van der Waals surface area (Å²) in [6.07, 6.45) is 12.9. The molecule has 0 aromatic carbocycles. The highest BCUT2D eigenvalue weighted by atomic mass is 16.6. The van der Waals surface area contributed by atoms with Gasteiger partial charge < -0.3 is 15.8 Å². The summed E-state index contributed by atoms with van der Waals surface area (Å²) in [5, 5.41) is 13.8. The summed E-state index contributed by atoms with van der Waals surface area (Å²) in [4.78, 5) is 35.6. The summed E-state index contributed by atoms with van der Waals surface area (Å²) >= 11 is 0. The van der Waals surface area contributed by atoms with Crippen LogP contribution >= 0.6 is 0 Å². The van der Waals surface area contributed by atoms with Crippen molar-refractivity contribution >= 4 is 11.8 Å². The highest BCUT2D eigenvalue weighted by Gasteiger charge is 2.33. The van der Waals surface area contributed by atoms with Crippen LogP contribution in [0.4, 0.5) is 0 Å². The molecule has 0 aromatic rings. The fourth-order valence-electron chi connectivity index (χ4n) is 5.62. The van der Waals surface area contributed by atoms with E-state index in [9.17, 15) is 19.7 Å². The average Bonchev–Trinajstić information content (AvgIpc) is 2.78. The normalized spacial score (nSPS) is 31.0. The Morgan fingerprint density at radius 2 is 1.68 bits per heavy atom. The van der Waals surface area contributed by atoms with Crippen molar-refractivity contribution in [2.75, 3.05) is 6.61 Å². The Morgan fingerprint density at radius 3 is 2.32 bits per heavy atom. The van der Waals surface area contributed by atoms with Gasteiger partial charge in [0.2, 0.25) is 17.9 Å². The molecule has 3 rings (SSSR count). The smallest absolute Gasteiger partial charge is 0.240 e. The van der Waals surface area contributed by atoms with Gasteiger partial charge in [-0.1, -0.05) is 38.5 Å². The van der Waals surface area contributed by atoms with Gasteiger partial charge in [-0.2, -0.15) is 0 Å². The number of carbonyl (C=O) groups excluding carboxylic acids is 2. The number of hydrogen-bond donors (Lipinski definition) is 2. The topological polar surface area (TPSA) is 125 Å². The SMILES string of the molecule is NC(=O)C(CC1CCCCC1)NC(=O)C1CCCC(OCC2CCC([N+](=O)[O-])CC2)C1. The van der Waals surface area contributed by atoms with Crippen LogP contribution < -0.4 is 11.1 Å². The second-order valence-electron chi connectivity index (χ2n) is 9.98. The van der Waals surface area contributed by atoms with Crippen LogP contribution in [0.1, 0.15) is 89.9 Å². The number of ether oxygens (including phenoxy) is 1. The van der Waals surface area contributed by atoms with Gasteiger partial charge in [0.1, 0.15) is 6.04 Å². The molecule has 3 unspecified atom stereocenters. The van der Waals surface area contributed by atoms with Gasteiger partial charge in [0.25, 0.3) is 0 Å². The van der Waals surface area contributed by atoms with Gasteiger partial charge in [0.05, 0.1) is 6.10 Å². The minimum atomic E-state index is -0.575.